The summed E-state index contributed by atoms with van der Waals surface area (Å²) in [5.41, 5.74) is 3.08. The minimum Gasteiger partial charge on any atom is -0.348 e. The number of hydrogen-bond donors (Lipinski definition) is 0. The Morgan fingerprint density at radius 1 is 1.37 bits per heavy atom. The van der Waals surface area contributed by atoms with Gasteiger partial charge < -0.3 is 4.57 Å². The van der Waals surface area contributed by atoms with Crippen LogP contribution >= 0.6 is 0 Å². The number of sulfone groups is 1. The Hall–Kier alpha value is -1.10. The predicted molar refractivity (Wildman–Crippen MR) is 73.2 cm³/mol. The number of aromatic nitrogens is 1. The molecule has 0 bridgehead atoms. The molecule has 1 atom stereocenters. The standard InChI is InChI=1S/C14H19NO3S/c1-10-7-12-13(3-2-4-14(12)16)15(10)8-11-5-6-19(17,18)9-11/h7,11H,2-6,8-9H2,1H3. The van der Waals surface area contributed by atoms with Gasteiger partial charge in [-0.3, -0.25) is 4.79 Å². The Morgan fingerprint density at radius 2 is 2.16 bits per heavy atom. The number of rotatable bonds is 2. The van der Waals surface area contributed by atoms with Crippen LogP contribution in [0.2, 0.25) is 0 Å². The molecule has 1 aliphatic carbocycles. The molecule has 104 valence electrons. The lowest BCUT2D eigenvalue weighted by Crippen LogP contribution is -2.18. The molecule has 5 heteroatoms. The Morgan fingerprint density at radius 3 is 2.84 bits per heavy atom. The largest absolute Gasteiger partial charge is 0.348 e. The molecule has 0 radical (unpaired) electrons. The number of carbonyl (C=O) groups excluding carboxylic acids is 1. The lowest BCUT2D eigenvalue weighted by atomic mass is 9.96. The summed E-state index contributed by atoms with van der Waals surface area (Å²) < 4.78 is 25.2. The van der Waals surface area contributed by atoms with Crippen molar-refractivity contribution in [2.24, 2.45) is 5.92 Å². The number of nitrogens with zero attached hydrogens (tertiary/aromatic N) is 1. The van der Waals surface area contributed by atoms with Gasteiger partial charge in [-0.05, 0) is 38.2 Å². The summed E-state index contributed by atoms with van der Waals surface area (Å²) in [6.07, 6.45) is 3.25. The van der Waals surface area contributed by atoms with Crippen molar-refractivity contribution in [3.05, 3.63) is 23.0 Å². The van der Waals surface area contributed by atoms with Crippen LogP contribution < -0.4 is 0 Å². The zero-order valence-electron chi connectivity index (χ0n) is 11.2. The predicted octanol–water partition coefficient (Wildman–Crippen LogP) is 1.75. The van der Waals surface area contributed by atoms with Crippen LogP contribution in [0.3, 0.4) is 0 Å². The van der Waals surface area contributed by atoms with E-state index in [9.17, 15) is 13.2 Å². The Bertz CT molecular complexity index is 627. The fourth-order valence-corrected chi connectivity index (χ4v) is 5.17. The van der Waals surface area contributed by atoms with E-state index < -0.39 is 9.84 Å². The minimum atomic E-state index is -2.82. The van der Waals surface area contributed by atoms with E-state index >= 15 is 0 Å². The molecule has 2 aliphatic rings. The topological polar surface area (TPSA) is 56.1 Å². The van der Waals surface area contributed by atoms with Gasteiger partial charge in [0.05, 0.1) is 11.5 Å². The maximum atomic E-state index is 11.9. The fourth-order valence-electron chi connectivity index (χ4n) is 3.32. The molecule has 1 fully saturated rings. The van der Waals surface area contributed by atoms with Crippen LogP contribution in [-0.4, -0.2) is 30.3 Å². The fraction of sp³-hybridized carbons (Fsp3) is 0.643. The average molecular weight is 281 g/mol. The van der Waals surface area contributed by atoms with E-state index in [1.165, 1.54) is 0 Å². The maximum Gasteiger partial charge on any atom is 0.164 e. The summed E-state index contributed by atoms with van der Waals surface area (Å²) >= 11 is 0. The molecule has 0 aromatic carbocycles. The SMILES string of the molecule is Cc1cc2c(n1CC1CCS(=O)(=O)C1)CCCC2=O. The zero-order valence-corrected chi connectivity index (χ0v) is 12.0. The van der Waals surface area contributed by atoms with Gasteiger partial charge in [0.15, 0.2) is 15.6 Å². The highest BCUT2D eigenvalue weighted by molar-refractivity contribution is 7.91. The van der Waals surface area contributed by atoms with Crippen molar-refractivity contribution < 1.29 is 13.2 Å². The molecule has 0 amide bonds. The highest BCUT2D eigenvalue weighted by Gasteiger charge is 2.30. The van der Waals surface area contributed by atoms with Gasteiger partial charge >= 0.3 is 0 Å². The first-order valence-corrected chi connectivity index (χ1v) is 8.71. The van der Waals surface area contributed by atoms with E-state index in [4.69, 9.17) is 0 Å². The van der Waals surface area contributed by atoms with E-state index in [1.807, 2.05) is 13.0 Å². The molecule has 4 nitrogen and oxygen atoms in total. The van der Waals surface area contributed by atoms with Crippen molar-refractivity contribution in [1.29, 1.82) is 0 Å². The van der Waals surface area contributed by atoms with Crippen molar-refractivity contribution in [2.45, 2.75) is 39.2 Å². The van der Waals surface area contributed by atoms with Gasteiger partial charge in [-0.15, -0.1) is 0 Å². The minimum absolute atomic E-state index is 0.206. The normalized spacial score (nSPS) is 25.5. The van der Waals surface area contributed by atoms with E-state index in [-0.39, 0.29) is 11.7 Å². The maximum absolute atomic E-state index is 11.9. The lowest BCUT2D eigenvalue weighted by Gasteiger charge is -2.18. The highest BCUT2D eigenvalue weighted by atomic mass is 32.2. The van der Waals surface area contributed by atoms with Crippen LogP contribution in [0.25, 0.3) is 0 Å². The second-order valence-corrected chi connectivity index (χ2v) is 8.03. The number of fused-ring (bicyclic) bond motifs is 1. The smallest absolute Gasteiger partial charge is 0.164 e. The molecular weight excluding hydrogens is 262 g/mol. The monoisotopic (exact) mass is 281 g/mol. The number of carbonyl (C=O) groups is 1. The summed E-state index contributed by atoms with van der Waals surface area (Å²) in [6.45, 7) is 2.75. The quantitative estimate of drug-likeness (QED) is 0.830. The summed E-state index contributed by atoms with van der Waals surface area (Å²) in [6, 6.07) is 1.97. The van der Waals surface area contributed by atoms with E-state index in [2.05, 4.69) is 4.57 Å². The summed E-state index contributed by atoms with van der Waals surface area (Å²) in [5, 5.41) is 0. The summed E-state index contributed by atoms with van der Waals surface area (Å²) in [7, 11) is -2.82. The van der Waals surface area contributed by atoms with Crippen LogP contribution in [0, 0.1) is 12.8 Å². The molecule has 2 heterocycles. The number of aryl methyl sites for hydroxylation is 1. The number of ketones is 1. The second-order valence-electron chi connectivity index (χ2n) is 5.80. The van der Waals surface area contributed by atoms with E-state index in [0.717, 1.165) is 42.8 Å². The van der Waals surface area contributed by atoms with Gasteiger partial charge in [-0.25, -0.2) is 8.42 Å². The van der Waals surface area contributed by atoms with Crippen molar-refractivity contribution in [3.8, 4) is 0 Å². The third-order valence-corrected chi connectivity index (χ3v) is 6.14. The molecule has 1 aromatic rings. The zero-order chi connectivity index (χ0) is 13.6. The molecule has 3 rings (SSSR count). The van der Waals surface area contributed by atoms with Crippen LogP contribution in [-0.2, 0) is 22.8 Å². The van der Waals surface area contributed by atoms with Gasteiger partial charge in [0, 0.05) is 29.9 Å². The molecular formula is C14H19NO3S. The molecule has 19 heavy (non-hydrogen) atoms. The summed E-state index contributed by atoms with van der Waals surface area (Å²) in [5.74, 6) is 1.06. The molecule has 1 aromatic heterocycles. The second kappa shape index (κ2) is 4.47. The average Bonchev–Trinajstić information content (AvgIpc) is 2.83. The Labute approximate surface area is 113 Å². The first-order valence-electron chi connectivity index (χ1n) is 6.89. The molecule has 1 saturated heterocycles. The Kier molecular flexibility index (Phi) is 3.04. The molecule has 1 unspecified atom stereocenters. The molecule has 0 spiro atoms. The van der Waals surface area contributed by atoms with Gasteiger partial charge in [0.2, 0.25) is 0 Å². The number of Topliss-reactive ketones (excluding diaryl/α,β-unsaturated/α-hetero) is 1. The van der Waals surface area contributed by atoms with Gasteiger partial charge in [-0.2, -0.15) is 0 Å². The third kappa shape index (κ3) is 2.36. The lowest BCUT2D eigenvalue weighted by molar-refractivity contribution is 0.0971. The van der Waals surface area contributed by atoms with Crippen LogP contribution in [0.4, 0.5) is 0 Å². The van der Waals surface area contributed by atoms with Crippen molar-refractivity contribution in [1.82, 2.24) is 4.57 Å². The van der Waals surface area contributed by atoms with Crippen LogP contribution in [0.5, 0.6) is 0 Å². The highest BCUT2D eigenvalue weighted by Crippen LogP contribution is 2.28. The first kappa shape index (κ1) is 12.9. The Balaban J connectivity index is 1.88. The number of hydrogen-bond acceptors (Lipinski definition) is 3. The van der Waals surface area contributed by atoms with Gasteiger partial charge in [0.25, 0.3) is 0 Å². The molecule has 0 N–H and O–H groups in total. The molecule has 0 saturated carbocycles. The first-order chi connectivity index (χ1) is 8.96. The van der Waals surface area contributed by atoms with Crippen molar-refractivity contribution in [2.75, 3.05) is 11.5 Å². The third-order valence-electron chi connectivity index (χ3n) is 4.30. The van der Waals surface area contributed by atoms with Crippen molar-refractivity contribution in [3.63, 3.8) is 0 Å². The molecule has 1 aliphatic heterocycles. The van der Waals surface area contributed by atoms with Crippen LogP contribution in [0.15, 0.2) is 6.07 Å². The summed E-state index contributed by atoms with van der Waals surface area (Å²) in [4.78, 5) is 11.9. The van der Waals surface area contributed by atoms with E-state index in [0.29, 0.717) is 17.9 Å². The van der Waals surface area contributed by atoms with E-state index in [1.54, 1.807) is 0 Å². The van der Waals surface area contributed by atoms with Gasteiger partial charge in [-0.1, -0.05) is 0 Å². The van der Waals surface area contributed by atoms with Gasteiger partial charge in [0.1, 0.15) is 0 Å². The van der Waals surface area contributed by atoms with Crippen molar-refractivity contribution >= 4 is 15.6 Å². The van der Waals surface area contributed by atoms with Crippen LogP contribution in [0.1, 0.15) is 41.0 Å².